The van der Waals surface area contributed by atoms with Crippen molar-refractivity contribution in [2.45, 2.75) is 13.5 Å². The SMILES string of the molecule is CC(=O)Nc1ccccc1OCc1ncc(C(=O)O)c(=O)[nH]1. The third-order valence-corrected chi connectivity index (χ3v) is 2.64. The van der Waals surface area contributed by atoms with Crippen molar-refractivity contribution in [1.29, 1.82) is 0 Å². The van der Waals surface area contributed by atoms with Crippen molar-refractivity contribution >= 4 is 17.6 Å². The molecule has 114 valence electrons. The second kappa shape index (κ2) is 6.53. The molecule has 0 saturated carbocycles. The van der Waals surface area contributed by atoms with Gasteiger partial charge in [-0.2, -0.15) is 0 Å². The van der Waals surface area contributed by atoms with Gasteiger partial charge in [-0.25, -0.2) is 9.78 Å². The normalized spacial score (nSPS) is 10.0. The third-order valence-electron chi connectivity index (χ3n) is 2.64. The molecule has 0 aliphatic heterocycles. The van der Waals surface area contributed by atoms with E-state index in [4.69, 9.17) is 9.84 Å². The van der Waals surface area contributed by atoms with E-state index in [-0.39, 0.29) is 18.3 Å². The van der Waals surface area contributed by atoms with Gasteiger partial charge in [0.15, 0.2) is 0 Å². The number of para-hydroxylation sites is 2. The Morgan fingerprint density at radius 3 is 2.73 bits per heavy atom. The minimum absolute atomic E-state index is 0.0776. The van der Waals surface area contributed by atoms with Gasteiger partial charge in [0.2, 0.25) is 5.91 Å². The van der Waals surface area contributed by atoms with Gasteiger partial charge in [0.05, 0.1) is 5.69 Å². The lowest BCUT2D eigenvalue weighted by Crippen LogP contribution is -2.20. The molecule has 0 saturated heterocycles. The highest BCUT2D eigenvalue weighted by Gasteiger charge is 2.10. The van der Waals surface area contributed by atoms with Gasteiger partial charge in [-0.3, -0.25) is 9.59 Å². The smallest absolute Gasteiger partial charge is 0.342 e. The van der Waals surface area contributed by atoms with Crippen LogP contribution in [0.1, 0.15) is 23.1 Å². The molecule has 1 amide bonds. The second-order valence-corrected chi connectivity index (χ2v) is 4.34. The largest absolute Gasteiger partial charge is 0.484 e. The summed E-state index contributed by atoms with van der Waals surface area (Å²) in [7, 11) is 0. The number of benzene rings is 1. The first-order valence-corrected chi connectivity index (χ1v) is 6.28. The molecule has 22 heavy (non-hydrogen) atoms. The average molecular weight is 303 g/mol. The van der Waals surface area contributed by atoms with Crippen LogP contribution >= 0.6 is 0 Å². The van der Waals surface area contributed by atoms with E-state index in [1.807, 2.05) is 0 Å². The Bertz CT molecular complexity index is 769. The van der Waals surface area contributed by atoms with Crippen molar-refractivity contribution in [3.63, 3.8) is 0 Å². The third kappa shape index (κ3) is 3.69. The zero-order valence-corrected chi connectivity index (χ0v) is 11.6. The molecule has 2 aromatic rings. The van der Waals surface area contributed by atoms with Crippen LogP contribution < -0.4 is 15.6 Å². The molecule has 2 rings (SSSR count). The number of hydrogen-bond acceptors (Lipinski definition) is 5. The van der Waals surface area contributed by atoms with E-state index in [9.17, 15) is 14.4 Å². The Kier molecular flexibility index (Phi) is 4.52. The lowest BCUT2D eigenvalue weighted by molar-refractivity contribution is -0.114. The standard InChI is InChI=1S/C14H13N3O5/c1-8(18)16-10-4-2-3-5-11(10)22-7-12-15-6-9(14(20)21)13(19)17-12/h2-6H,7H2,1H3,(H,16,18)(H,20,21)(H,15,17,19). The van der Waals surface area contributed by atoms with Crippen molar-refractivity contribution in [3.05, 3.63) is 52.2 Å². The zero-order chi connectivity index (χ0) is 16.1. The fourth-order valence-electron chi connectivity index (χ4n) is 1.69. The van der Waals surface area contributed by atoms with Crippen LogP contribution in [-0.2, 0) is 11.4 Å². The van der Waals surface area contributed by atoms with E-state index in [1.54, 1.807) is 24.3 Å². The first kappa shape index (κ1) is 15.2. The average Bonchev–Trinajstić information content (AvgIpc) is 2.45. The highest BCUT2D eigenvalue weighted by Crippen LogP contribution is 2.24. The fraction of sp³-hybridized carbons (Fsp3) is 0.143. The summed E-state index contributed by atoms with van der Waals surface area (Å²) in [6.07, 6.45) is 0.972. The Balaban J connectivity index is 2.14. The number of nitrogens with zero attached hydrogens (tertiary/aromatic N) is 1. The van der Waals surface area contributed by atoms with Crippen molar-refractivity contribution in [2.75, 3.05) is 5.32 Å². The summed E-state index contributed by atoms with van der Waals surface area (Å²) in [4.78, 5) is 39.5. The molecule has 0 spiro atoms. The van der Waals surface area contributed by atoms with Crippen molar-refractivity contribution in [2.24, 2.45) is 0 Å². The molecule has 0 aliphatic carbocycles. The first-order valence-electron chi connectivity index (χ1n) is 6.28. The molecule has 0 unspecified atom stereocenters. The molecule has 3 N–H and O–H groups in total. The maximum atomic E-state index is 11.5. The minimum atomic E-state index is -1.35. The molecule has 1 heterocycles. The maximum absolute atomic E-state index is 11.5. The number of hydrogen-bond donors (Lipinski definition) is 3. The van der Waals surface area contributed by atoms with Crippen LogP contribution in [0.2, 0.25) is 0 Å². The number of carbonyl (C=O) groups excluding carboxylic acids is 1. The summed E-state index contributed by atoms with van der Waals surface area (Å²) in [5, 5.41) is 11.4. The summed E-state index contributed by atoms with van der Waals surface area (Å²) < 4.78 is 5.48. The van der Waals surface area contributed by atoms with Crippen molar-refractivity contribution in [1.82, 2.24) is 9.97 Å². The topological polar surface area (TPSA) is 121 Å². The summed E-state index contributed by atoms with van der Waals surface area (Å²) >= 11 is 0. The molecule has 0 bridgehead atoms. The van der Waals surface area contributed by atoms with E-state index in [0.29, 0.717) is 11.4 Å². The molecule has 8 nitrogen and oxygen atoms in total. The number of aromatic amines is 1. The van der Waals surface area contributed by atoms with E-state index in [1.165, 1.54) is 6.92 Å². The number of carboxylic acids is 1. The minimum Gasteiger partial charge on any atom is -0.484 e. The molecule has 0 aliphatic rings. The number of amides is 1. The van der Waals surface area contributed by atoms with Gasteiger partial charge in [0, 0.05) is 13.1 Å². The summed E-state index contributed by atoms with van der Waals surface area (Å²) in [5.41, 5.74) is -0.710. The zero-order valence-electron chi connectivity index (χ0n) is 11.6. The van der Waals surface area contributed by atoms with E-state index in [2.05, 4.69) is 15.3 Å². The van der Waals surface area contributed by atoms with Gasteiger partial charge in [0.1, 0.15) is 23.7 Å². The number of nitrogens with one attached hydrogen (secondary N) is 2. The van der Waals surface area contributed by atoms with E-state index >= 15 is 0 Å². The Labute approximate surface area is 124 Å². The molecule has 0 radical (unpaired) electrons. The highest BCUT2D eigenvalue weighted by molar-refractivity contribution is 5.90. The predicted octanol–water partition coefficient (Wildman–Crippen LogP) is 1.01. The van der Waals surface area contributed by atoms with E-state index in [0.717, 1.165) is 6.20 Å². The lowest BCUT2D eigenvalue weighted by Gasteiger charge is -2.11. The molecular formula is C14H13N3O5. The maximum Gasteiger partial charge on any atom is 0.342 e. The van der Waals surface area contributed by atoms with Gasteiger partial charge in [-0.15, -0.1) is 0 Å². The van der Waals surface area contributed by atoms with Gasteiger partial charge < -0.3 is 20.1 Å². The van der Waals surface area contributed by atoms with Gasteiger partial charge in [-0.05, 0) is 12.1 Å². The Morgan fingerprint density at radius 1 is 1.36 bits per heavy atom. The van der Waals surface area contributed by atoms with Crippen LogP contribution in [0.25, 0.3) is 0 Å². The van der Waals surface area contributed by atoms with Gasteiger partial charge >= 0.3 is 5.97 Å². The first-order chi connectivity index (χ1) is 10.5. The van der Waals surface area contributed by atoms with Crippen LogP contribution in [0.4, 0.5) is 5.69 Å². The van der Waals surface area contributed by atoms with Crippen LogP contribution in [-0.4, -0.2) is 27.0 Å². The van der Waals surface area contributed by atoms with Crippen LogP contribution in [0.3, 0.4) is 0 Å². The monoisotopic (exact) mass is 303 g/mol. The number of anilines is 1. The van der Waals surface area contributed by atoms with Gasteiger partial charge in [0.25, 0.3) is 5.56 Å². The molecule has 0 atom stereocenters. The molecule has 8 heteroatoms. The quantitative estimate of drug-likeness (QED) is 0.757. The Hall–Kier alpha value is -3.16. The van der Waals surface area contributed by atoms with Crippen LogP contribution in [0.5, 0.6) is 5.75 Å². The lowest BCUT2D eigenvalue weighted by atomic mass is 10.3. The Morgan fingerprint density at radius 2 is 2.09 bits per heavy atom. The van der Waals surface area contributed by atoms with Crippen molar-refractivity contribution in [3.8, 4) is 5.75 Å². The molecule has 1 aromatic carbocycles. The van der Waals surface area contributed by atoms with Crippen LogP contribution in [0, 0.1) is 0 Å². The van der Waals surface area contributed by atoms with E-state index < -0.39 is 17.1 Å². The van der Waals surface area contributed by atoms with Crippen molar-refractivity contribution < 1.29 is 19.4 Å². The van der Waals surface area contributed by atoms with Crippen LogP contribution in [0.15, 0.2) is 35.3 Å². The summed E-state index contributed by atoms with van der Waals surface area (Å²) in [5.74, 6) is -1.01. The number of rotatable bonds is 5. The number of aromatic nitrogens is 2. The molecule has 1 aromatic heterocycles. The number of H-pyrrole nitrogens is 1. The highest BCUT2D eigenvalue weighted by atomic mass is 16.5. The number of carbonyl (C=O) groups is 2. The second-order valence-electron chi connectivity index (χ2n) is 4.34. The number of carboxylic acid groups (broad SMARTS) is 1. The molecule has 0 fully saturated rings. The molecular weight excluding hydrogens is 290 g/mol. The summed E-state index contributed by atoms with van der Waals surface area (Å²) in [6.45, 7) is 1.30. The number of ether oxygens (including phenoxy) is 1. The number of aromatic carboxylic acids is 1. The predicted molar refractivity (Wildman–Crippen MR) is 76.9 cm³/mol. The summed E-state index contributed by atoms with van der Waals surface area (Å²) in [6, 6.07) is 6.78. The van der Waals surface area contributed by atoms with Gasteiger partial charge in [-0.1, -0.05) is 12.1 Å². The fourth-order valence-corrected chi connectivity index (χ4v) is 1.69.